The predicted molar refractivity (Wildman–Crippen MR) is 108 cm³/mol. The van der Waals surface area contributed by atoms with Crippen LogP contribution in [-0.2, 0) is 11.2 Å². The highest BCUT2D eigenvalue weighted by Gasteiger charge is 2.28. The monoisotopic (exact) mass is 355 g/mol. The van der Waals surface area contributed by atoms with Gasteiger partial charge >= 0.3 is 0 Å². The first-order chi connectivity index (χ1) is 14.8. The maximum atomic E-state index is 13.0. The molecule has 0 radical (unpaired) electrons. The van der Waals surface area contributed by atoms with Gasteiger partial charge in [0.05, 0.1) is 6.85 Å². The van der Waals surface area contributed by atoms with E-state index in [1.54, 1.807) is 0 Å². The Labute approximate surface area is 164 Å². The lowest BCUT2D eigenvalue weighted by molar-refractivity contribution is -0.119. The topological polar surface area (TPSA) is 23.6 Å². The van der Waals surface area contributed by atoms with E-state index in [1.165, 1.54) is 10.5 Å². The van der Waals surface area contributed by atoms with Crippen molar-refractivity contribution in [3.63, 3.8) is 0 Å². The molecule has 1 aliphatic rings. The molecular weight excluding hydrogens is 320 g/mol. The number of carbonyl (C=O) groups is 1. The van der Waals surface area contributed by atoms with E-state index >= 15 is 0 Å². The molecule has 0 aliphatic carbocycles. The van der Waals surface area contributed by atoms with Crippen LogP contribution in [0.1, 0.15) is 45.0 Å². The molecule has 3 heteroatoms. The summed E-state index contributed by atoms with van der Waals surface area (Å²) in [7, 11) is 0. The van der Waals surface area contributed by atoms with Crippen LogP contribution in [0.3, 0.4) is 0 Å². The van der Waals surface area contributed by atoms with Crippen molar-refractivity contribution in [2.24, 2.45) is 0 Å². The van der Waals surface area contributed by atoms with Crippen LogP contribution in [0.4, 0.5) is 5.69 Å². The van der Waals surface area contributed by atoms with Gasteiger partial charge in [-0.2, -0.15) is 0 Å². The molecule has 3 nitrogen and oxygen atoms in total. The first kappa shape index (κ1) is 13.1. The molecule has 1 aliphatic heterocycles. The van der Waals surface area contributed by atoms with E-state index in [0.717, 1.165) is 26.1 Å². The highest BCUT2D eigenvalue weighted by Crippen LogP contribution is 2.25. The number of rotatable bonds is 7. The summed E-state index contributed by atoms with van der Waals surface area (Å²) in [6, 6.07) is 8.33. The van der Waals surface area contributed by atoms with Crippen molar-refractivity contribution in [2.75, 3.05) is 24.5 Å². The number of para-hydroxylation sites is 1. The van der Waals surface area contributed by atoms with E-state index in [2.05, 4.69) is 17.0 Å². The number of carbonyl (C=O) groups excluding carboxylic acids is 1. The fourth-order valence-corrected chi connectivity index (χ4v) is 3.54. The molecule has 0 atom stereocenters. The molecule has 0 N–H and O–H groups in total. The molecule has 0 saturated carbocycles. The number of hydrogen-bond donors (Lipinski definition) is 0. The largest absolute Gasteiger partial charge is 0.309 e. The van der Waals surface area contributed by atoms with E-state index in [1.807, 2.05) is 25.1 Å². The average molecular weight is 356 g/mol. The molecule has 26 heavy (non-hydrogen) atoms. The first-order valence-electron chi connectivity index (χ1n) is 12.0. The average Bonchev–Trinajstić information content (AvgIpc) is 2.79. The molecule has 0 spiro atoms. The summed E-state index contributed by atoms with van der Waals surface area (Å²) >= 11 is 0. The lowest BCUT2D eigenvalue weighted by Gasteiger charge is -2.38. The van der Waals surface area contributed by atoms with Crippen LogP contribution in [0, 0.1) is 0 Å². The van der Waals surface area contributed by atoms with Gasteiger partial charge in [-0.15, -0.1) is 0 Å². The van der Waals surface area contributed by atoms with Crippen molar-refractivity contribution in [1.82, 2.24) is 4.90 Å². The molecule has 1 saturated heterocycles. The molecule has 0 bridgehead atoms. The summed E-state index contributed by atoms with van der Waals surface area (Å²) in [6.07, 6.45) is 3.33. The van der Waals surface area contributed by atoms with Crippen LogP contribution < -0.4 is 4.90 Å². The normalized spacial score (nSPS) is 18.4. The van der Waals surface area contributed by atoms with Crippen LogP contribution in [0.2, 0.25) is 0 Å². The SMILES string of the molecule is [2H]c1c([2H])c([2H])c(N(C(=O)CCC)C2CCN(CCc3ccccc3)CC2)c([2H])c1[2H]. The first-order valence-corrected chi connectivity index (χ1v) is 9.50. The van der Waals surface area contributed by atoms with Gasteiger partial charge in [-0.25, -0.2) is 0 Å². The van der Waals surface area contributed by atoms with Crippen molar-refractivity contribution in [3.05, 3.63) is 66.1 Å². The lowest BCUT2D eigenvalue weighted by atomic mass is 10.0. The minimum atomic E-state index is -0.433. The summed E-state index contributed by atoms with van der Waals surface area (Å²) in [5.74, 6) is -0.177. The molecule has 1 amide bonds. The zero-order valence-corrected chi connectivity index (χ0v) is 15.4. The Morgan fingerprint density at radius 2 is 1.85 bits per heavy atom. The third-order valence-electron chi connectivity index (χ3n) is 4.94. The summed E-state index contributed by atoms with van der Waals surface area (Å²) in [5, 5.41) is 0. The van der Waals surface area contributed by atoms with E-state index < -0.39 is 18.1 Å². The molecule has 1 heterocycles. The van der Waals surface area contributed by atoms with E-state index in [0.29, 0.717) is 19.3 Å². The third-order valence-corrected chi connectivity index (χ3v) is 4.94. The smallest absolute Gasteiger partial charge is 0.227 e. The van der Waals surface area contributed by atoms with E-state index in [9.17, 15) is 4.79 Å². The fourth-order valence-electron chi connectivity index (χ4n) is 3.54. The van der Waals surface area contributed by atoms with Gasteiger partial charge in [0.15, 0.2) is 0 Å². The maximum Gasteiger partial charge on any atom is 0.227 e. The standard InChI is InChI=1S/C23H30N2O/c1-2-9-23(26)25(21-12-7-4-8-13-21)22-15-18-24(19-16-22)17-14-20-10-5-3-6-11-20/h3-8,10-13,22H,2,9,14-19H2,1H3/i4D,7D,8D,12D,13D. The zero-order valence-electron chi connectivity index (χ0n) is 20.4. The molecule has 2 aromatic carbocycles. The van der Waals surface area contributed by atoms with Gasteiger partial charge in [0.25, 0.3) is 0 Å². The van der Waals surface area contributed by atoms with Crippen LogP contribution >= 0.6 is 0 Å². The molecule has 0 aromatic heterocycles. The molecule has 0 unspecified atom stereocenters. The highest BCUT2D eigenvalue weighted by atomic mass is 16.2. The Balaban J connectivity index is 1.78. The summed E-state index contributed by atoms with van der Waals surface area (Å²) < 4.78 is 40.5. The minimum Gasteiger partial charge on any atom is -0.309 e. The van der Waals surface area contributed by atoms with Gasteiger partial charge in [-0.3, -0.25) is 4.79 Å². The van der Waals surface area contributed by atoms with Crippen molar-refractivity contribution < 1.29 is 11.6 Å². The Hall–Kier alpha value is -2.13. The number of hydrogen-bond acceptors (Lipinski definition) is 2. The molecule has 2 aromatic rings. The Morgan fingerprint density at radius 3 is 2.50 bits per heavy atom. The van der Waals surface area contributed by atoms with Crippen molar-refractivity contribution in [1.29, 1.82) is 0 Å². The summed E-state index contributed by atoms with van der Waals surface area (Å²) in [5.41, 5.74) is 1.32. The molecule has 1 fully saturated rings. The van der Waals surface area contributed by atoms with Gasteiger partial charge in [0.2, 0.25) is 5.91 Å². The molecular formula is C23H30N2O. The third kappa shape index (κ3) is 4.95. The number of likely N-dealkylation sites (tertiary alicyclic amines) is 1. The number of anilines is 1. The number of amides is 1. The van der Waals surface area contributed by atoms with Crippen LogP contribution in [0.5, 0.6) is 0 Å². The number of benzene rings is 2. The number of piperidine rings is 1. The second-order valence-corrected chi connectivity index (χ2v) is 6.80. The zero-order chi connectivity index (χ0) is 22.5. The second-order valence-electron chi connectivity index (χ2n) is 6.80. The van der Waals surface area contributed by atoms with Crippen molar-refractivity contribution in [3.8, 4) is 0 Å². The number of nitrogens with zero attached hydrogens (tertiary/aromatic N) is 2. The summed E-state index contributed by atoms with van der Waals surface area (Å²) in [6.45, 7) is 4.47. The highest BCUT2D eigenvalue weighted by molar-refractivity contribution is 5.93. The van der Waals surface area contributed by atoms with Crippen LogP contribution in [0.25, 0.3) is 0 Å². The van der Waals surface area contributed by atoms with Crippen molar-refractivity contribution in [2.45, 2.75) is 45.1 Å². The fraction of sp³-hybridized carbons (Fsp3) is 0.435. The molecule has 3 rings (SSSR count). The predicted octanol–water partition coefficient (Wildman–Crippen LogP) is 4.53. The maximum absolute atomic E-state index is 13.0. The second kappa shape index (κ2) is 9.54. The van der Waals surface area contributed by atoms with Crippen molar-refractivity contribution >= 4 is 11.6 Å². The van der Waals surface area contributed by atoms with Gasteiger partial charge in [-0.1, -0.05) is 55.4 Å². The van der Waals surface area contributed by atoms with Crippen LogP contribution in [-0.4, -0.2) is 36.5 Å². The quantitative estimate of drug-likeness (QED) is 0.729. The van der Waals surface area contributed by atoms with Crippen LogP contribution in [0.15, 0.2) is 60.5 Å². The van der Waals surface area contributed by atoms with Gasteiger partial charge < -0.3 is 9.80 Å². The van der Waals surface area contributed by atoms with E-state index in [4.69, 9.17) is 6.85 Å². The minimum absolute atomic E-state index is 0.0205. The van der Waals surface area contributed by atoms with Gasteiger partial charge in [0, 0.05) is 37.8 Å². The lowest BCUT2D eigenvalue weighted by Crippen LogP contribution is -2.48. The molecule has 138 valence electrons. The Morgan fingerprint density at radius 1 is 1.15 bits per heavy atom. The van der Waals surface area contributed by atoms with E-state index in [-0.39, 0.29) is 36.1 Å². The Kier molecular flexibility index (Phi) is 4.80. The summed E-state index contributed by atoms with van der Waals surface area (Å²) in [4.78, 5) is 16.9. The van der Waals surface area contributed by atoms with Gasteiger partial charge in [-0.05, 0) is 43.3 Å². The van der Waals surface area contributed by atoms with Gasteiger partial charge in [0.1, 0.15) is 0 Å². The Bertz CT molecular complexity index is 885.